The van der Waals surface area contributed by atoms with Crippen molar-refractivity contribution in [2.45, 2.75) is 13.8 Å². The third-order valence-electron chi connectivity index (χ3n) is 2.66. The van der Waals surface area contributed by atoms with Gasteiger partial charge in [0, 0.05) is 24.1 Å². The van der Waals surface area contributed by atoms with Crippen LogP contribution in [-0.4, -0.2) is 25.4 Å². The van der Waals surface area contributed by atoms with Crippen molar-refractivity contribution in [2.75, 3.05) is 13.2 Å². The minimum atomic E-state index is -0.587. The Labute approximate surface area is 101 Å². The maximum Gasteiger partial charge on any atom is 0.497 e. The first-order valence-electron chi connectivity index (χ1n) is 5.48. The van der Waals surface area contributed by atoms with Crippen molar-refractivity contribution in [3.05, 3.63) is 23.8 Å². The van der Waals surface area contributed by atoms with Crippen molar-refractivity contribution in [3.8, 4) is 11.8 Å². The predicted molar refractivity (Wildman–Crippen MR) is 63.9 cm³/mol. The van der Waals surface area contributed by atoms with E-state index < -0.39 is 7.12 Å². The number of rotatable bonds is 1. The molecule has 1 aliphatic rings. The van der Waals surface area contributed by atoms with Crippen molar-refractivity contribution in [1.29, 1.82) is 5.26 Å². The van der Waals surface area contributed by atoms with Gasteiger partial charge in [0.15, 0.2) is 0 Å². The van der Waals surface area contributed by atoms with Crippen LogP contribution in [0.1, 0.15) is 19.4 Å². The van der Waals surface area contributed by atoms with E-state index in [1.807, 2.05) is 6.07 Å². The third-order valence-corrected chi connectivity index (χ3v) is 2.66. The molecule has 0 bridgehead atoms. The highest BCUT2D eigenvalue weighted by molar-refractivity contribution is 6.62. The van der Waals surface area contributed by atoms with Crippen LogP contribution in [0, 0.1) is 16.7 Å². The van der Waals surface area contributed by atoms with Gasteiger partial charge < -0.3 is 14.4 Å². The molecule has 1 heterocycles. The molecule has 1 aromatic carbocycles. The molecule has 0 spiro atoms. The largest absolute Gasteiger partial charge is 0.508 e. The van der Waals surface area contributed by atoms with Crippen LogP contribution < -0.4 is 5.46 Å². The van der Waals surface area contributed by atoms with Gasteiger partial charge in [0.05, 0.1) is 11.6 Å². The third kappa shape index (κ3) is 2.60. The van der Waals surface area contributed by atoms with E-state index in [2.05, 4.69) is 13.8 Å². The van der Waals surface area contributed by atoms with Crippen LogP contribution in [0.4, 0.5) is 0 Å². The Bertz CT molecular complexity index is 457. The van der Waals surface area contributed by atoms with Gasteiger partial charge in [-0.05, 0) is 18.2 Å². The number of phenols is 1. The lowest BCUT2D eigenvalue weighted by Gasteiger charge is -2.33. The Hall–Kier alpha value is -1.51. The molecule has 1 aromatic rings. The van der Waals surface area contributed by atoms with E-state index in [9.17, 15) is 5.11 Å². The van der Waals surface area contributed by atoms with Crippen molar-refractivity contribution in [2.24, 2.45) is 5.41 Å². The molecule has 0 saturated carbocycles. The van der Waals surface area contributed by atoms with Gasteiger partial charge in [-0.1, -0.05) is 13.8 Å². The normalized spacial score (nSPS) is 18.8. The highest BCUT2D eigenvalue weighted by atomic mass is 16.6. The molecular weight excluding hydrogens is 217 g/mol. The smallest absolute Gasteiger partial charge is 0.497 e. The molecule has 17 heavy (non-hydrogen) atoms. The Kier molecular flexibility index (Phi) is 3.10. The van der Waals surface area contributed by atoms with Crippen molar-refractivity contribution < 1.29 is 14.4 Å². The minimum absolute atomic E-state index is 0.0149. The zero-order valence-electron chi connectivity index (χ0n) is 9.93. The van der Waals surface area contributed by atoms with Crippen LogP contribution in [0.15, 0.2) is 18.2 Å². The first-order chi connectivity index (χ1) is 8.02. The summed E-state index contributed by atoms with van der Waals surface area (Å²) < 4.78 is 11.1. The number of benzene rings is 1. The van der Waals surface area contributed by atoms with Gasteiger partial charge in [0.2, 0.25) is 0 Å². The average molecular weight is 231 g/mol. The SMILES string of the molecule is CC1(C)COB(c2cc(C#N)ccc2O)OC1. The van der Waals surface area contributed by atoms with Crippen molar-refractivity contribution >= 4 is 12.6 Å². The number of nitrogens with zero attached hydrogens (tertiary/aromatic N) is 1. The zero-order chi connectivity index (χ0) is 12.5. The summed E-state index contributed by atoms with van der Waals surface area (Å²) in [6.45, 7) is 5.23. The molecule has 1 fully saturated rings. The van der Waals surface area contributed by atoms with Gasteiger partial charge in [-0.2, -0.15) is 5.26 Å². The second kappa shape index (κ2) is 4.40. The van der Waals surface area contributed by atoms with Gasteiger partial charge in [-0.25, -0.2) is 0 Å². The molecule has 0 unspecified atom stereocenters. The molecule has 1 saturated heterocycles. The average Bonchev–Trinajstić information content (AvgIpc) is 2.30. The summed E-state index contributed by atoms with van der Waals surface area (Å²) in [5.74, 6) is 0.0914. The molecule has 5 heteroatoms. The molecule has 0 aromatic heterocycles. The van der Waals surface area contributed by atoms with Crippen molar-refractivity contribution in [1.82, 2.24) is 0 Å². The first kappa shape index (κ1) is 12.0. The Morgan fingerprint density at radius 2 is 2.00 bits per heavy atom. The lowest BCUT2D eigenvalue weighted by molar-refractivity contribution is 0.0341. The standard InChI is InChI=1S/C12H14BNO3/c1-12(2)7-16-13(17-8-12)10-5-9(6-14)3-4-11(10)15/h3-5,15H,7-8H2,1-2H3. The van der Waals surface area contributed by atoms with Crippen LogP contribution in [-0.2, 0) is 9.31 Å². The summed E-state index contributed by atoms with van der Waals surface area (Å²) in [7, 11) is -0.587. The highest BCUT2D eigenvalue weighted by Gasteiger charge is 2.35. The van der Waals surface area contributed by atoms with Gasteiger partial charge in [0.1, 0.15) is 5.75 Å². The lowest BCUT2D eigenvalue weighted by atomic mass is 9.75. The fourth-order valence-corrected chi connectivity index (χ4v) is 1.68. The zero-order valence-corrected chi connectivity index (χ0v) is 9.93. The minimum Gasteiger partial charge on any atom is -0.508 e. The van der Waals surface area contributed by atoms with Crippen LogP contribution >= 0.6 is 0 Å². The Morgan fingerprint density at radius 3 is 2.59 bits per heavy atom. The molecular formula is C12H14BNO3. The molecule has 1 aliphatic heterocycles. The second-order valence-corrected chi connectivity index (χ2v) is 5.00. The number of hydrogen-bond donors (Lipinski definition) is 1. The van der Waals surface area contributed by atoms with E-state index >= 15 is 0 Å². The van der Waals surface area contributed by atoms with E-state index in [4.69, 9.17) is 14.6 Å². The number of nitriles is 1. The van der Waals surface area contributed by atoms with E-state index in [0.29, 0.717) is 24.2 Å². The van der Waals surface area contributed by atoms with Gasteiger partial charge in [-0.15, -0.1) is 0 Å². The summed E-state index contributed by atoms with van der Waals surface area (Å²) in [6.07, 6.45) is 0. The monoisotopic (exact) mass is 231 g/mol. The van der Waals surface area contributed by atoms with E-state index in [1.165, 1.54) is 6.07 Å². The molecule has 1 N–H and O–H groups in total. The summed E-state index contributed by atoms with van der Waals surface area (Å²) in [5.41, 5.74) is 0.980. The van der Waals surface area contributed by atoms with Crippen LogP contribution in [0.2, 0.25) is 0 Å². The molecule has 2 rings (SSSR count). The van der Waals surface area contributed by atoms with Crippen LogP contribution in [0.3, 0.4) is 0 Å². The number of phenolic OH excluding ortho intramolecular Hbond substituents is 1. The van der Waals surface area contributed by atoms with E-state index in [1.54, 1.807) is 12.1 Å². The number of aromatic hydroxyl groups is 1. The van der Waals surface area contributed by atoms with Gasteiger partial charge in [-0.3, -0.25) is 0 Å². The molecule has 4 nitrogen and oxygen atoms in total. The highest BCUT2D eigenvalue weighted by Crippen LogP contribution is 2.22. The predicted octanol–water partition coefficient (Wildman–Crippen LogP) is 1.03. The fourth-order valence-electron chi connectivity index (χ4n) is 1.68. The van der Waals surface area contributed by atoms with Gasteiger partial charge in [0.25, 0.3) is 0 Å². The summed E-state index contributed by atoms with van der Waals surface area (Å²) in [4.78, 5) is 0. The summed E-state index contributed by atoms with van der Waals surface area (Å²) in [5, 5.41) is 18.6. The van der Waals surface area contributed by atoms with Crippen molar-refractivity contribution in [3.63, 3.8) is 0 Å². The van der Waals surface area contributed by atoms with Crippen LogP contribution in [0.5, 0.6) is 5.75 Å². The maximum atomic E-state index is 9.74. The molecule has 0 aliphatic carbocycles. The fraction of sp³-hybridized carbons (Fsp3) is 0.417. The quantitative estimate of drug-likeness (QED) is 0.733. The Morgan fingerprint density at radius 1 is 1.35 bits per heavy atom. The van der Waals surface area contributed by atoms with Crippen LogP contribution in [0.25, 0.3) is 0 Å². The molecule has 0 radical (unpaired) electrons. The second-order valence-electron chi connectivity index (χ2n) is 5.00. The number of hydrogen-bond acceptors (Lipinski definition) is 4. The summed E-state index contributed by atoms with van der Waals surface area (Å²) in [6, 6.07) is 6.67. The Balaban J connectivity index is 2.21. The van der Waals surface area contributed by atoms with E-state index in [-0.39, 0.29) is 11.2 Å². The molecule has 88 valence electrons. The van der Waals surface area contributed by atoms with E-state index in [0.717, 1.165) is 0 Å². The lowest BCUT2D eigenvalue weighted by Crippen LogP contribution is -2.47. The molecule has 0 amide bonds. The topological polar surface area (TPSA) is 62.5 Å². The summed E-state index contributed by atoms with van der Waals surface area (Å²) >= 11 is 0. The first-order valence-corrected chi connectivity index (χ1v) is 5.48. The molecule has 0 atom stereocenters. The maximum absolute atomic E-state index is 9.74. The van der Waals surface area contributed by atoms with Gasteiger partial charge >= 0.3 is 7.12 Å².